The molecule has 2 atom stereocenters. The molecule has 0 saturated heterocycles. The van der Waals surface area contributed by atoms with Crippen molar-refractivity contribution < 1.29 is 14.6 Å². The van der Waals surface area contributed by atoms with Crippen LogP contribution in [0.2, 0.25) is 0 Å². The number of carbonyl (C=O) groups is 1. The minimum atomic E-state index is -0.461. The number of carbonyl (C=O) groups excluding carboxylic acids is 1. The molecule has 0 bridgehead atoms. The van der Waals surface area contributed by atoms with Gasteiger partial charge in [-0.15, -0.1) is 0 Å². The Bertz CT molecular complexity index is 758. The minimum Gasteiger partial charge on any atom is -0.497 e. The van der Waals surface area contributed by atoms with E-state index in [1.807, 2.05) is 37.3 Å². The van der Waals surface area contributed by atoms with Gasteiger partial charge < -0.3 is 15.2 Å². The maximum absolute atomic E-state index is 12.6. The van der Waals surface area contributed by atoms with Gasteiger partial charge >= 0.3 is 0 Å². The van der Waals surface area contributed by atoms with E-state index < -0.39 is 6.10 Å². The van der Waals surface area contributed by atoms with E-state index >= 15 is 0 Å². The van der Waals surface area contributed by atoms with Crippen LogP contribution >= 0.6 is 0 Å². The molecule has 5 nitrogen and oxygen atoms in total. The van der Waals surface area contributed by atoms with Gasteiger partial charge in [0.15, 0.2) is 0 Å². The third-order valence-electron chi connectivity index (χ3n) is 5.05. The number of methoxy groups -OCH3 is 1. The number of rotatable bonds is 5. The highest BCUT2D eigenvalue weighted by Crippen LogP contribution is 2.20. The number of pyridine rings is 1. The summed E-state index contributed by atoms with van der Waals surface area (Å²) in [5, 5.41) is 13.0. The van der Waals surface area contributed by atoms with Crippen molar-refractivity contribution in [1.82, 2.24) is 10.3 Å². The van der Waals surface area contributed by atoms with Crippen LogP contribution in [0.25, 0.3) is 0 Å². The number of benzene rings is 1. The predicted octanol–water partition coefficient (Wildman–Crippen LogP) is 3.02. The molecule has 1 aromatic heterocycles. The average molecular weight is 354 g/mol. The number of aliphatic hydroxyl groups is 1. The maximum Gasteiger partial charge on any atom is 0.270 e. The summed E-state index contributed by atoms with van der Waals surface area (Å²) < 4.78 is 5.19. The Kier molecular flexibility index (Phi) is 5.89. The van der Waals surface area contributed by atoms with E-state index in [2.05, 4.69) is 10.3 Å². The quantitative estimate of drug-likeness (QED) is 0.866. The molecule has 3 rings (SSSR count). The van der Waals surface area contributed by atoms with E-state index in [1.54, 1.807) is 13.3 Å². The van der Waals surface area contributed by atoms with Crippen LogP contribution in [0.4, 0.5) is 0 Å². The van der Waals surface area contributed by atoms with Crippen LogP contribution < -0.4 is 10.1 Å². The zero-order valence-corrected chi connectivity index (χ0v) is 15.4. The summed E-state index contributed by atoms with van der Waals surface area (Å²) in [6.45, 7) is 2.00. The molecular formula is C21H26N2O3. The van der Waals surface area contributed by atoms with E-state index in [1.165, 1.54) is 0 Å². The highest BCUT2D eigenvalue weighted by atomic mass is 16.5. The van der Waals surface area contributed by atoms with Gasteiger partial charge in [0, 0.05) is 6.20 Å². The maximum atomic E-state index is 12.6. The molecule has 138 valence electrons. The molecule has 1 saturated carbocycles. The molecule has 1 heterocycles. The highest BCUT2D eigenvalue weighted by Gasteiger charge is 2.25. The predicted molar refractivity (Wildman–Crippen MR) is 101 cm³/mol. The van der Waals surface area contributed by atoms with Crippen LogP contribution in [-0.4, -0.2) is 35.3 Å². The fourth-order valence-corrected chi connectivity index (χ4v) is 3.37. The van der Waals surface area contributed by atoms with Gasteiger partial charge in [-0.3, -0.25) is 9.78 Å². The van der Waals surface area contributed by atoms with E-state index in [-0.39, 0.29) is 11.9 Å². The van der Waals surface area contributed by atoms with Crippen molar-refractivity contribution in [2.45, 2.75) is 51.2 Å². The SMILES string of the molecule is COc1ccc(Cc2cc(C(=O)NC3CCCC[C@@H]3O)ncc2C)cc1. The molecule has 1 unspecified atom stereocenters. The average Bonchev–Trinajstić information content (AvgIpc) is 2.66. The van der Waals surface area contributed by atoms with Gasteiger partial charge in [-0.25, -0.2) is 0 Å². The van der Waals surface area contributed by atoms with Crippen LogP contribution in [0.3, 0.4) is 0 Å². The number of aromatic nitrogens is 1. The number of ether oxygens (including phenoxy) is 1. The molecule has 26 heavy (non-hydrogen) atoms. The smallest absolute Gasteiger partial charge is 0.270 e. The lowest BCUT2D eigenvalue weighted by Gasteiger charge is -2.28. The minimum absolute atomic E-state index is 0.176. The fourth-order valence-electron chi connectivity index (χ4n) is 3.37. The summed E-state index contributed by atoms with van der Waals surface area (Å²) in [6, 6.07) is 9.59. The Hall–Kier alpha value is -2.40. The third kappa shape index (κ3) is 4.41. The van der Waals surface area contributed by atoms with E-state index in [9.17, 15) is 9.90 Å². The van der Waals surface area contributed by atoms with Crippen molar-refractivity contribution in [3.8, 4) is 5.75 Å². The summed E-state index contributed by atoms with van der Waals surface area (Å²) in [6.07, 6.45) is 5.62. The van der Waals surface area contributed by atoms with Gasteiger partial charge in [-0.1, -0.05) is 25.0 Å². The molecule has 1 amide bonds. The standard InChI is InChI=1S/C21H26N2O3/c1-14-13-22-19(21(25)23-18-5-3-4-6-20(18)24)12-16(14)11-15-7-9-17(26-2)10-8-15/h7-10,12-13,18,20,24H,3-6,11H2,1-2H3,(H,23,25)/t18?,20-/m0/s1. The zero-order chi connectivity index (χ0) is 18.5. The van der Waals surface area contributed by atoms with Crippen LogP contribution in [0.5, 0.6) is 5.75 Å². The number of nitrogens with one attached hydrogen (secondary N) is 1. The lowest BCUT2D eigenvalue weighted by atomic mass is 9.92. The second kappa shape index (κ2) is 8.32. The molecular weight excluding hydrogens is 328 g/mol. The largest absolute Gasteiger partial charge is 0.497 e. The molecule has 1 aliphatic carbocycles. The molecule has 0 radical (unpaired) electrons. The summed E-state index contributed by atoms with van der Waals surface area (Å²) in [5.41, 5.74) is 3.67. The number of aryl methyl sites for hydroxylation is 1. The second-order valence-corrected chi connectivity index (χ2v) is 6.95. The van der Waals surface area contributed by atoms with Gasteiger partial charge in [-0.05, 0) is 61.1 Å². The first-order valence-corrected chi connectivity index (χ1v) is 9.14. The zero-order valence-electron chi connectivity index (χ0n) is 15.4. The number of amides is 1. The van der Waals surface area contributed by atoms with Crippen molar-refractivity contribution in [1.29, 1.82) is 0 Å². The van der Waals surface area contributed by atoms with Crippen LogP contribution in [0, 0.1) is 6.92 Å². The number of hydrogen-bond donors (Lipinski definition) is 2. The van der Waals surface area contributed by atoms with E-state index in [0.717, 1.165) is 54.5 Å². The molecule has 0 spiro atoms. The third-order valence-corrected chi connectivity index (χ3v) is 5.05. The van der Waals surface area contributed by atoms with Crippen LogP contribution in [0.15, 0.2) is 36.5 Å². The normalized spacial score (nSPS) is 19.8. The molecule has 2 aromatic rings. The summed E-state index contributed by atoms with van der Waals surface area (Å²) >= 11 is 0. The molecule has 1 aliphatic rings. The Balaban J connectivity index is 1.72. The van der Waals surface area contributed by atoms with Gasteiger partial charge in [0.25, 0.3) is 5.91 Å². The lowest BCUT2D eigenvalue weighted by Crippen LogP contribution is -2.45. The number of aliphatic hydroxyl groups excluding tert-OH is 1. The molecule has 2 N–H and O–H groups in total. The first-order chi connectivity index (χ1) is 12.6. The molecule has 5 heteroatoms. The number of hydrogen-bond acceptors (Lipinski definition) is 4. The van der Waals surface area contributed by atoms with Crippen molar-refractivity contribution >= 4 is 5.91 Å². The molecule has 0 aliphatic heterocycles. The molecule has 1 fully saturated rings. The summed E-state index contributed by atoms with van der Waals surface area (Å²) in [5.74, 6) is 0.609. The van der Waals surface area contributed by atoms with Crippen molar-refractivity contribution in [3.63, 3.8) is 0 Å². The summed E-state index contributed by atoms with van der Waals surface area (Å²) in [7, 11) is 1.65. The Morgan fingerprint density at radius 1 is 1.27 bits per heavy atom. The van der Waals surface area contributed by atoms with Crippen molar-refractivity contribution in [2.75, 3.05) is 7.11 Å². The van der Waals surface area contributed by atoms with E-state index in [0.29, 0.717) is 5.69 Å². The van der Waals surface area contributed by atoms with Gasteiger partial charge in [0.1, 0.15) is 11.4 Å². The Labute approximate surface area is 154 Å². The monoisotopic (exact) mass is 354 g/mol. The van der Waals surface area contributed by atoms with E-state index in [4.69, 9.17) is 4.74 Å². The fraction of sp³-hybridized carbons (Fsp3) is 0.429. The second-order valence-electron chi connectivity index (χ2n) is 6.95. The molecule has 1 aromatic carbocycles. The van der Waals surface area contributed by atoms with Crippen molar-refractivity contribution in [3.05, 3.63) is 58.9 Å². The summed E-state index contributed by atoms with van der Waals surface area (Å²) in [4.78, 5) is 16.8. The Morgan fingerprint density at radius 2 is 2.00 bits per heavy atom. The van der Waals surface area contributed by atoms with Crippen molar-refractivity contribution in [2.24, 2.45) is 0 Å². The first-order valence-electron chi connectivity index (χ1n) is 9.14. The van der Waals surface area contributed by atoms with Crippen LogP contribution in [-0.2, 0) is 6.42 Å². The Morgan fingerprint density at radius 3 is 2.69 bits per heavy atom. The highest BCUT2D eigenvalue weighted by molar-refractivity contribution is 5.92. The first kappa shape index (κ1) is 18.4. The number of nitrogens with zero attached hydrogens (tertiary/aromatic N) is 1. The van der Waals surface area contributed by atoms with Crippen LogP contribution in [0.1, 0.15) is 52.9 Å². The van der Waals surface area contributed by atoms with Gasteiger partial charge in [-0.2, -0.15) is 0 Å². The van der Waals surface area contributed by atoms with Gasteiger partial charge in [0.05, 0.1) is 19.3 Å². The lowest BCUT2D eigenvalue weighted by molar-refractivity contribution is 0.0713. The van der Waals surface area contributed by atoms with Gasteiger partial charge in [0.2, 0.25) is 0 Å². The topological polar surface area (TPSA) is 71.5 Å².